The monoisotopic (exact) mass is 455 g/mol. The van der Waals surface area contributed by atoms with E-state index < -0.39 is 42.8 Å². The number of esters is 1. The standard InChI is InChI=1S/C17H25N7O8/c1-8(26)31-6-9-13(28)14(29)17(32-9)24-16(30)12-11(19-21-24)15(20-23(12)7-25)18-10(27)4-5-22(2)3/h9,13-14,17,25,28-29H,4-7H2,1-3H3,(H,18,20,27). The number of nitrogens with zero attached hydrogens (tertiary/aromatic N) is 6. The first kappa shape index (κ1) is 23.7. The predicted octanol–water partition coefficient (Wildman–Crippen LogP) is -2.99. The van der Waals surface area contributed by atoms with Gasteiger partial charge in [0.25, 0.3) is 5.56 Å². The van der Waals surface area contributed by atoms with Gasteiger partial charge in [-0.3, -0.25) is 14.4 Å². The van der Waals surface area contributed by atoms with E-state index >= 15 is 0 Å². The number of rotatable bonds is 8. The summed E-state index contributed by atoms with van der Waals surface area (Å²) in [6.07, 6.45) is -5.41. The van der Waals surface area contributed by atoms with Crippen LogP contribution in [0.1, 0.15) is 19.6 Å². The Labute approximate surface area is 181 Å². The Balaban J connectivity index is 1.91. The number of aliphatic hydroxyl groups is 3. The number of amides is 1. The highest BCUT2D eigenvalue weighted by molar-refractivity contribution is 5.97. The van der Waals surface area contributed by atoms with Crippen LogP contribution in [0.3, 0.4) is 0 Å². The zero-order valence-electron chi connectivity index (χ0n) is 17.7. The first-order valence-electron chi connectivity index (χ1n) is 9.70. The van der Waals surface area contributed by atoms with Crippen molar-refractivity contribution in [1.82, 2.24) is 29.7 Å². The summed E-state index contributed by atoms with van der Waals surface area (Å²) >= 11 is 0. The molecule has 0 aliphatic carbocycles. The van der Waals surface area contributed by atoms with Gasteiger partial charge in [0, 0.05) is 19.9 Å². The van der Waals surface area contributed by atoms with Crippen molar-refractivity contribution in [2.45, 2.75) is 44.6 Å². The van der Waals surface area contributed by atoms with Crippen LogP contribution < -0.4 is 10.9 Å². The van der Waals surface area contributed by atoms with E-state index in [2.05, 4.69) is 20.7 Å². The van der Waals surface area contributed by atoms with Crippen molar-refractivity contribution in [2.24, 2.45) is 0 Å². The molecule has 1 saturated heterocycles. The number of nitrogens with one attached hydrogen (secondary N) is 1. The van der Waals surface area contributed by atoms with E-state index in [1.807, 2.05) is 19.0 Å². The molecule has 3 heterocycles. The molecule has 4 unspecified atom stereocenters. The van der Waals surface area contributed by atoms with Gasteiger partial charge >= 0.3 is 5.97 Å². The lowest BCUT2D eigenvalue weighted by Crippen LogP contribution is -2.37. The molecule has 3 rings (SSSR count). The summed E-state index contributed by atoms with van der Waals surface area (Å²) in [5.41, 5.74) is -1.10. The van der Waals surface area contributed by atoms with Gasteiger partial charge in [-0.2, -0.15) is 4.68 Å². The molecular weight excluding hydrogens is 430 g/mol. The van der Waals surface area contributed by atoms with Crippen LogP contribution in [-0.4, -0.2) is 102 Å². The topological polar surface area (TPSA) is 194 Å². The quantitative estimate of drug-likeness (QED) is 0.295. The van der Waals surface area contributed by atoms with Crippen LogP contribution in [0.2, 0.25) is 0 Å². The number of hydrogen-bond acceptors (Lipinski definition) is 12. The number of fused-ring (bicyclic) bond motifs is 1. The molecule has 1 aliphatic heterocycles. The van der Waals surface area contributed by atoms with E-state index in [1.165, 1.54) is 6.92 Å². The molecule has 2 aromatic heterocycles. The predicted molar refractivity (Wildman–Crippen MR) is 106 cm³/mol. The number of carbonyl (C=O) groups is 2. The Morgan fingerprint density at radius 1 is 1.28 bits per heavy atom. The Morgan fingerprint density at radius 2 is 2.00 bits per heavy atom. The van der Waals surface area contributed by atoms with Crippen molar-refractivity contribution in [3.8, 4) is 0 Å². The van der Waals surface area contributed by atoms with Crippen LogP contribution in [0.25, 0.3) is 11.0 Å². The third-order valence-electron chi connectivity index (χ3n) is 4.79. The van der Waals surface area contributed by atoms with Crippen molar-refractivity contribution in [3.63, 3.8) is 0 Å². The van der Waals surface area contributed by atoms with Crippen molar-refractivity contribution >= 4 is 28.7 Å². The van der Waals surface area contributed by atoms with Gasteiger partial charge in [0.2, 0.25) is 5.91 Å². The molecule has 0 bridgehead atoms. The molecule has 0 spiro atoms. The number of aliphatic hydroxyl groups excluding tert-OH is 3. The molecule has 15 heteroatoms. The molecule has 176 valence electrons. The van der Waals surface area contributed by atoms with Gasteiger partial charge in [0.15, 0.2) is 23.1 Å². The van der Waals surface area contributed by atoms with Gasteiger partial charge in [-0.15, -0.1) is 10.2 Å². The highest BCUT2D eigenvalue weighted by atomic mass is 16.6. The fraction of sp³-hybridized carbons (Fsp3) is 0.647. The maximum atomic E-state index is 13.0. The normalized spacial score (nSPS) is 23.1. The van der Waals surface area contributed by atoms with Crippen molar-refractivity contribution in [2.75, 3.05) is 32.6 Å². The van der Waals surface area contributed by atoms with E-state index in [1.54, 1.807) is 0 Å². The zero-order valence-corrected chi connectivity index (χ0v) is 17.7. The minimum absolute atomic E-state index is 0.0600. The number of anilines is 1. The first-order chi connectivity index (χ1) is 15.1. The molecule has 1 fully saturated rings. The lowest BCUT2D eigenvalue weighted by molar-refractivity contribution is -0.147. The molecule has 1 aliphatic rings. The van der Waals surface area contributed by atoms with Gasteiger partial charge in [-0.25, -0.2) is 4.68 Å². The largest absolute Gasteiger partial charge is 0.463 e. The zero-order chi connectivity index (χ0) is 23.6. The highest BCUT2D eigenvalue weighted by Crippen LogP contribution is 2.28. The Bertz CT molecular complexity index is 1050. The SMILES string of the molecule is CC(=O)OCC1OC(n2nnc3c(NC(=O)CCN(C)C)nn(CO)c3c2=O)C(O)C1O. The molecule has 0 radical (unpaired) electrons. The average molecular weight is 455 g/mol. The second kappa shape index (κ2) is 9.66. The van der Waals surface area contributed by atoms with E-state index in [-0.39, 0.29) is 35.8 Å². The first-order valence-corrected chi connectivity index (χ1v) is 9.70. The van der Waals surface area contributed by atoms with E-state index in [0.717, 1.165) is 4.68 Å². The third kappa shape index (κ3) is 4.76. The molecule has 15 nitrogen and oxygen atoms in total. The maximum absolute atomic E-state index is 13.0. The summed E-state index contributed by atoms with van der Waals surface area (Å²) in [5, 5.41) is 44.3. The minimum Gasteiger partial charge on any atom is -0.463 e. The van der Waals surface area contributed by atoms with Crippen LogP contribution in [0.4, 0.5) is 5.82 Å². The molecule has 4 atom stereocenters. The van der Waals surface area contributed by atoms with E-state index in [4.69, 9.17) is 9.47 Å². The van der Waals surface area contributed by atoms with Crippen molar-refractivity contribution in [3.05, 3.63) is 10.4 Å². The summed E-state index contributed by atoms with van der Waals surface area (Å²) in [7, 11) is 3.62. The summed E-state index contributed by atoms with van der Waals surface area (Å²) < 4.78 is 11.9. The smallest absolute Gasteiger partial charge is 0.302 e. The fourth-order valence-electron chi connectivity index (χ4n) is 3.14. The summed E-state index contributed by atoms with van der Waals surface area (Å²) in [6.45, 7) is 0.617. The van der Waals surface area contributed by atoms with Crippen molar-refractivity contribution < 1.29 is 34.4 Å². The average Bonchev–Trinajstić information content (AvgIpc) is 3.23. The summed E-state index contributed by atoms with van der Waals surface area (Å²) in [5.74, 6) is -1.04. The second-order valence-electron chi connectivity index (χ2n) is 7.48. The molecule has 32 heavy (non-hydrogen) atoms. The number of hydrogen-bond donors (Lipinski definition) is 4. The van der Waals surface area contributed by atoms with Crippen LogP contribution in [0, 0.1) is 0 Å². The third-order valence-corrected chi connectivity index (χ3v) is 4.79. The maximum Gasteiger partial charge on any atom is 0.302 e. The molecule has 1 amide bonds. The Hall–Kier alpha value is -2.98. The van der Waals surface area contributed by atoms with Crippen LogP contribution in [0.15, 0.2) is 4.79 Å². The second-order valence-corrected chi connectivity index (χ2v) is 7.48. The van der Waals surface area contributed by atoms with Gasteiger partial charge in [-0.1, -0.05) is 5.21 Å². The van der Waals surface area contributed by atoms with Crippen molar-refractivity contribution in [1.29, 1.82) is 0 Å². The summed E-state index contributed by atoms with van der Waals surface area (Å²) in [4.78, 5) is 38.0. The molecule has 0 aromatic carbocycles. The summed E-state index contributed by atoms with van der Waals surface area (Å²) in [6, 6.07) is 0. The van der Waals surface area contributed by atoms with E-state index in [9.17, 15) is 29.7 Å². The van der Waals surface area contributed by atoms with E-state index in [0.29, 0.717) is 11.2 Å². The van der Waals surface area contributed by atoms with Gasteiger partial charge in [0.05, 0.1) is 0 Å². The Morgan fingerprint density at radius 3 is 2.62 bits per heavy atom. The lowest BCUT2D eigenvalue weighted by Gasteiger charge is -2.15. The molecular formula is C17H25N7O8. The molecule has 0 saturated carbocycles. The van der Waals surface area contributed by atoms with Crippen LogP contribution >= 0.6 is 0 Å². The van der Waals surface area contributed by atoms with Gasteiger partial charge < -0.3 is 35.0 Å². The number of carbonyl (C=O) groups excluding carboxylic acids is 2. The minimum atomic E-state index is -1.57. The molecule has 4 N–H and O–H groups in total. The number of aromatic nitrogens is 5. The Kier molecular flexibility index (Phi) is 7.15. The number of ether oxygens (including phenoxy) is 2. The van der Waals surface area contributed by atoms with Gasteiger partial charge in [0.1, 0.15) is 31.6 Å². The van der Waals surface area contributed by atoms with Crippen LogP contribution in [0.5, 0.6) is 0 Å². The fourth-order valence-corrected chi connectivity index (χ4v) is 3.14. The molecule has 2 aromatic rings. The highest BCUT2D eigenvalue weighted by Gasteiger charge is 2.45. The van der Waals surface area contributed by atoms with Crippen LogP contribution in [-0.2, 0) is 25.8 Å². The lowest BCUT2D eigenvalue weighted by atomic mass is 10.1. The van der Waals surface area contributed by atoms with Gasteiger partial charge in [-0.05, 0) is 14.1 Å².